The first-order valence-electron chi connectivity index (χ1n) is 8.05. The lowest BCUT2D eigenvalue weighted by Crippen LogP contribution is -2.02. The largest absolute Gasteiger partial charge is 0.507 e. The molecule has 0 bridgehead atoms. The zero-order valence-corrected chi connectivity index (χ0v) is 15.4. The molecule has 0 radical (unpaired) electrons. The van der Waals surface area contributed by atoms with Crippen molar-refractivity contribution < 1.29 is 33.6 Å². The second-order valence-electron chi connectivity index (χ2n) is 5.36. The molecular formula is C20H22O7. The molecule has 7 nitrogen and oxygen atoms in total. The molecule has 0 unspecified atom stereocenters. The molecule has 0 aliphatic rings. The van der Waals surface area contributed by atoms with Crippen LogP contribution in [-0.2, 0) is 14.3 Å². The molecule has 0 aromatic heterocycles. The van der Waals surface area contributed by atoms with Crippen LogP contribution >= 0.6 is 0 Å². The van der Waals surface area contributed by atoms with Crippen molar-refractivity contribution in [2.24, 2.45) is 0 Å². The third-order valence-electron chi connectivity index (χ3n) is 3.64. The van der Waals surface area contributed by atoms with E-state index in [4.69, 9.17) is 23.7 Å². The van der Waals surface area contributed by atoms with Crippen LogP contribution in [0.5, 0.6) is 23.0 Å². The van der Waals surface area contributed by atoms with E-state index in [1.807, 2.05) is 0 Å². The Labute approximate surface area is 157 Å². The van der Waals surface area contributed by atoms with E-state index in [1.54, 1.807) is 30.3 Å². The van der Waals surface area contributed by atoms with Gasteiger partial charge in [-0.3, -0.25) is 4.79 Å². The monoisotopic (exact) mass is 374 g/mol. The lowest BCUT2D eigenvalue weighted by atomic mass is 9.96. The van der Waals surface area contributed by atoms with Crippen molar-refractivity contribution in [1.82, 2.24) is 0 Å². The first-order chi connectivity index (χ1) is 13.1. The second-order valence-corrected chi connectivity index (χ2v) is 5.36. The number of carbonyl (C=O) groups excluding carboxylic acids is 1. The molecule has 1 N–H and O–H groups in total. The molecule has 2 aromatic rings. The molecule has 0 aliphatic heterocycles. The van der Waals surface area contributed by atoms with E-state index >= 15 is 0 Å². The van der Waals surface area contributed by atoms with E-state index in [1.165, 1.54) is 33.5 Å². The fourth-order valence-electron chi connectivity index (χ4n) is 2.44. The van der Waals surface area contributed by atoms with E-state index in [2.05, 4.69) is 0 Å². The predicted molar refractivity (Wildman–Crippen MR) is 99.3 cm³/mol. The Hall–Kier alpha value is -3.03. The number of aromatic hydroxyl groups is 1. The molecule has 0 heterocycles. The Morgan fingerprint density at radius 3 is 2.33 bits per heavy atom. The van der Waals surface area contributed by atoms with Gasteiger partial charge >= 0.3 is 0 Å². The average Bonchev–Trinajstić information content (AvgIpc) is 2.69. The zero-order valence-electron chi connectivity index (χ0n) is 15.4. The van der Waals surface area contributed by atoms with E-state index in [-0.39, 0.29) is 19.3 Å². The summed E-state index contributed by atoms with van der Waals surface area (Å²) in [6.45, 7) is 0.109. The summed E-state index contributed by atoms with van der Waals surface area (Å²) in [5.41, 5.74) is 1.65. The van der Waals surface area contributed by atoms with Crippen molar-refractivity contribution in [3.63, 3.8) is 0 Å². The Morgan fingerprint density at radius 2 is 1.70 bits per heavy atom. The second kappa shape index (κ2) is 10.2. The van der Waals surface area contributed by atoms with Gasteiger partial charge in [-0.15, -0.1) is 0 Å². The zero-order chi connectivity index (χ0) is 19.6. The van der Waals surface area contributed by atoms with Gasteiger partial charge in [-0.1, -0.05) is 6.07 Å². The van der Waals surface area contributed by atoms with Crippen LogP contribution in [0.25, 0.3) is 5.57 Å². The first kappa shape index (κ1) is 20.3. The van der Waals surface area contributed by atoms with Gasteiger partial charge in [0.05, 0.1) is 7.11 Å². The SMILES string of the molecule is COCOc1ccc(/C(=C/C=O)c2ccc(OC)c(OCOC)c2)c(O)c1. The van der Waals surface area contributed by atoms with Crippen LogP contribution in [0, 0.1) is 0 Å². The van der Waals surface area contributed by atoms with Gasteiger partial charge in [0.2, 0.25) is 0 Å². The smallest absolute Gasteiger partial charge is 0.188 e. The number of ether oxygens (including phenoxy) is 5. The lowest BCUT2D eigenvalue weighted by Gasteiger charge is -2.15. The summed E-state index contributed by atoms with van der Waals surface area (Å²) < 4.78 is 25.9. The molecule has 0 fully saturated rings. The third kappa shape index (κ3) is 5.22. The molecular weight excluding hydrogens is 352 g/mol. The number of hydrogen-bond acceptors (Lipinski definition) is 7. The van der Waals surface area contributed by atoms with Crippen molar-refractivity contribution in [2.45, 2.75) is 0 Å². The summed E-state index contributed by atoms with van der Waals surface area (Å²) >= 11 is 0. The highest BCUT2D eigenvalue weighted by Crippen LogP contribution is 2.37. The summed E-state index contributed by atoms with van der Waals surface area (Å²) in [5.74, 6) is 1.39. The Kier molecular flexibility index (Phi) is 7.66. The van der Waals surface area contributed by atoms with Crippen molar-refractivity contribution in [1.29, 1.82) is 0 Å². The van der Waals surface area contributed by atoms with Crippen molar-refractivity contribution in [2.75, 3.05) is 34.9 Å². The quantitative estimate of drug-likeness (QED) is 0.389. The maximum absolute atomic E-state index is 11.2. The standard InChI is InChI=1S/C20H22O7/c1-23-12-26-15-5-6-17(18(22)11-15)16(8-9-21)14-4-7-19(25-3)20(10-14)27-13-24-2/h4-11,22H,12-13H2,1-3H3/b16-8+. The maximum atomic E-state index is 11.2. The van der Waals surface area contributed by atoms with Gasteiger partial charge in [0, 0.05) is 25.8 Å². The Bertz CT molecular complexity index is 799. The van der Waals surface area contributed by atoms with Crippen molar-refractivity contribution >= 4 is 11.9 Å². The molecule has 2 rings (SSSR count). The summed E-state index contributed by atoms with van der Waals surface area (Å²) in [4.78, 5) is 11.2. The van der Waals surface area contributed by atoms with Crippen molar-refractivity contribution in [3.05, 3.63) is 53.6 Å². The molecule has 0 aliphatic carbocycles. The summed E-state index contributed by atoms with van der Waals surface area (Å²) in [6.07, 6.45) is 2.02. The number of phenolic OH excluding ortho intramolecular Hbond substituents is 1. The summed E-state index contributed by atoms with van der Waals surface area (Å²) in [7, 11) is 4.55. The first-order valence-corrected chi connectivity index (χ1v) is 8.05. The molecule has 27 heavy (non-hydrogen) atoms. The molecule has 0 atom stereocenters. The van der Waals surface area contributed by atoms with Gasteiger partial charge in [-0.25, -0.2) is 0 Å². The van der Waals surface area contributed by atoms with Crippen LogP contribution in [0.3, 0.4) is 0 Å². The number of hydrogen-bond donors (Lipinski definition) is 1. The molecule has 0 amide bonds. The van der Waals surface area contributed by atoms with Crippen LogP contribution in [0.1, 0.15) is 11.1 Å². The fraction of sp³-hybridized carbons (Fsp3) is 0.250. The van der Waals surface area contributed by atoms with E-state index in [9.17, 15) is 9.90 Å². The van der Waals surface area contributed by atoms with Crippen molar-refractivity contribution in [3.8, 4) is 23.0 Å². The predicted octanol–water partition coefficient (Wildman–Crippen LogP) is 3.00. The Balaban J connectivity index is 2.43. The molecule has 0 spiro atoms. The number of allylic oxidation sites excluding steroid dienone is 1. The topological polar surface area (TPSA) is 83.5 Å². The van der Waals surface area contributed by atoms with E-state index in [0.717, 1.165) is 0 Å². The lowest BCUT2D eigenvalue weighted by molar-refractivity contribution is -0.104. The van der Waals surface area contributed by atoms with Crippen LogP contribution in [0.15, 0.2) is 42.5 Å². The minimum absolute atomic E-state index is 0.0353. The molecule has 2 aromatic carbocycles. The van der Waals surface area contributed by atoms with Gasteiger partial charge in [-0.05, 0) is 41.5 Å². The van der Waals surface area contributed by atoms with Gasteiger partial charge in [0.15, 0.2) is 25.1 Å². The van der Waals surface area contributed by atoms with Crippen LogP contribution in [0.2, 0.25) is 0 Å². The normalized spacial score (nSPS) is 11.1. The molecule has 0 saturated heterocycles. The van der Waals surface area contributed by atoms with Crippen LogP contribution in [0.4, 0.5) is 0 Å². The third-order valence-corrected chi connectivity index (χ3v) is 3.64. The highest BCUT2D eigenvalue weighted by atomic mass is 16.7. The summed E-state index contributed by atoms with van der Waals surface area (Å²) in [5, 5.41) is 10.4. The number of benzene rings is 2. The molecule has 0 saturated carbocycles. The number of rotatable bonds is 10. The minimum atomic E-state index is -0.0353. The fourth-order valence-corrected chi connectivity index (χ4v) is 2.44. The number of aldehydes is 1. The molecule has 7 heteroatoms. The number of carbonyl (C=O) groups is 1. The molecule has 144 valence electrons. The van der Waals surface area contributed by atoms with Gasteiger partial charge in [-0.2, -0.15) is 0 Å². The van der Waals surface area contributed by atoms with Gasteiger partial charge in [0.25, 0.3) is 0 Å². The van der Waals surface area contributed by atoms with Crippen LogP contribution in [-0.4, -0.2) is 46.3 Å². The Morgan fingerprint density at radius 1 is 0.963 bits per heavy atom. The average molecular weight is 374 g/mol. The number of phenols is 1. The highest BCUT2D eigenvalue weighted by molar-refractivity contribution is 5.92. The highest BCUT2D eigenvalue weighted by Gasteiger charge is 2.14. The summed E-state index contributed by atoms with van der Waals surface area (Å²) in [6, 6.07) is 9.99. The number of methoxy groups -OCH3 is 3. The van der Waals surface area contributed by atoms with Crippen LogP contribution < -0.4 is 14.2 Å². The minimum Gasteiger partial charge on any atom is -0.507 e. The maximum Gasteiger partial charge on any atom is 0.188 e. The van der Waals surface area contributed by atoms with Gasteiger partial charge < -0.3 is 28.8 Å². The van der Waals surface area contributed by atoms with E-state index in [0.29, 0.717) is 40.2 Å². The van der Waals surface area contributed by atoms with E-state index < -0.39 is 0 Å². The van der Waals surface area contributed by atoms with Gasteiger partial charge in [0.1, 0.15) is 17.8 Å².